The first-order chi connectivity index (χ1) is 14.2. The maximum atomic E-state index is 12.5. The molecule has 3 aliphatic rings. The molecule has 14 nitrogen and oxygen atoms in total. The van der Waals surface area contributed by atoms with Gasteiger partial charge in [0.05, 0.1) is 18.4 Å². The molecular formula is C15H21N7O7S. The highest BCUT2D eigenvalue weighted by Crippen LogP contribution is 2.30. The van der Waals surface area contributed by atoms with Crippen LogP contribution in [0.4, 0.5) is 4.79 Å². The number of fused-ring (bicyclic) bond motifs is 2. The van der Waals surface area contributed by atoms with Gasteiger partial charge in [-0.05, 0) is 19.3 Å². The van der Waals surface area contributed by atoms with Crippen LogP contribution in [0, 0.1) is 0 Å². The summed E-state index contributed by atoms with van der Waals surface area (Å²) in [6.45, 7) is 0.648. The molecule has 2 unspecified atom stereocenters. The lowest BCUT2D eigenvalue weighted by atomic mass is 10.0. The third-order valence-corrected chi connectivity index (χ3v) is 5.83. The number of imidazole rings is 1. The number of nitrogens with one attached hydrogen (secondary N) is 3. The fourth-order valence-corrected chi connectivity index (χ4v) is 4.42. The topological polar surface area (TPSA) is 175 Å². The molecule has 1 aromatic rings. The second-order valence-electron chi connectivity index (χ2n) is 7.35. The number of hydrogen-bond donors (Lipinski definition) is 4. The second-order valence-corrected chi connectivity index (χ2v) is 8.35. The van der Waals surface area contributed by atoms with E-state index in [-0.39, 0.29) is 19.0 Å². The predicted molar refractivity (Wildman–Crippen MR) is 97.3 cm³/mol. The third-order valence-electron chi connectivity index (χ3n) is 5.48. The Morgan fingerprint density at radius 2 is 2.00 bits per heavy atom. The molecule has 15 heteroatoms. The summed E-state index contributed by atoms with van der Waals surface area (Å²) in [4.78, 5) is 42.3. The molecule has 0 spiro atoms. The summed E-state index contributed by atoms with van der Waals surface area (Å²) in [5, 5.41) is 3.63. The second kappa shape index (κ2) is 7.82. The Bertz CT molecular complexity index is 937. The van der Waals surface area contributed by atoms with Crippen molar-refractivity contribution in [3.05, 3.63) is 18.7 Å². The van der Waals surface area contributed by atoms with Gasteiger partial charge in [0.2, 0.25) is 0 Å². The van der Waals surface area contributed by atoms with Crippen molar-refractivity contribution in [2.24, 2.45) is 0 Å². The highest BCUT2D eigenvalue weighted by Gasteiger charge is 2.49. The van der Waals surface area contributed by atoms with Gasteiger partial charge in [0.15, 0.2) is 0 Å². The number of hydrazine groups is 1. The summed E-state index contributed by atoms with van der Waals surface area (Å²) >= 11 is 0. The fraction of sp³-hybridized carbons (Fsp3) is 0.600. The molecular weight excluding hydrogens is 422 g/mol. The number of aromatic nitrogens is 2. The van der Waals surface area contributed by atoms with E-state index in [0.29, 0.717) is 24.4 Å². The predicted octanol–water partition coefficient (Wildman–Crippen LogP) is -2.06. The lowest BCUT2D eigenvalue weighted by Crippen LogP contribution is -2.56. The summed E-state index contributed by atoms with van der Waals surface area (Å²) in [5.41, 5.74) is 4.69. The van der Waals surface area contributed by atoms with Crippen LogP contribution < -0.4 is 16.2 Å². The molecule has 4 N–H and O–H groups in total. The van der Waals surface area contributed by atoms with Gasteiger partial charge in [0, 0.05) is 31.5 Å². The monoisotopic (exact) mass is 443 g/mol. The first-order valence-corrected chi connectivity index (χ1v) is 10.7. The van der Waals surface area contributed by atoms with E-state index in [1.165, 1.54) is 0 Å². The van der Waals surface area contributed by atoms with Gasteiger partial charge in [-0.25, -0.2) is 9.78 Å². The molecule has 1 aromatic heterocycles. The molecule has 30 heavy (non-hydrogen) atoms. The van der Waals surface area contributed by atoms with Crippen molar-refractivity contribution in [3.8, 4) is 0 Å². The zero-order valence-electron chi connectivity index (χ0n) is 15.7. The summed E-state index contributed by atoms with van der Waals surface area (Å²) in [6, 6.07) is -2.77. The standard InChI is InChI=1S/C15H21N7O7S/c23-13(11-5-10(6-17-11)20-4-3-16-8-20)18-19-14(24)12-2-1-9-7-21(12)15(25)22(9)29-30(26,27)28/h3-4,8-12,17H,1-2,5-7H2,(H,18,23)(H,19,24)(H,26,27,28)/t9?,10-,11?,12+/m1/s1. The Balaban J connectivity index is 1.29. The van der Waals surface area contributed by atoms with Crippen molar-refractivity contribution in [1.82, 2.24) is 35.7 Å². The van der Waals surface area contributed by atoms with E-state index in [1.807, 2.05) is 10.8 Å². The highest BCUT2D eigenvalue weighted by molar-refractivity contribution is 7.80. The maximum absolute atomic E-state index is 12.5. The Morgan fingerprint density at radius 1 is 1.23 bits per heavy atom. The number of hydroxylamine groups is 2. The summed E-state index contributed by atoms with van der Waals surface area (Å²) < 4.78 is 36.9. The number of nitrogens with zero attached hydrogens (tertiary/aromatic N) is 4. The number of piperidine rings is 1. The van der Waals surface area contributed by atoms with Crippen molar-refractivity contribution < 1.29 is 31.6 Å². The Morgan fingerprint density at radius 3 is 2.70 bits per heavy atom. The Hall–Kier alpha value is -2.75. The van der Waals surface area contributed by atoms with Gasteiger partial charge in [-0.1, -0.05) is 0 Å². The molecule has 164 valence electrons. The zero-order valence-corrected chi connectivity index (χ0v) is 16.5. The minimum atomic E-state index is -4.86. The Labute approximate surface area is 171 Å². The van der Waals surface area contributed by atoms with E-state index in [0.717, 1.165) is 4.90 Å². The fourth-order valence-electron chi connectivity index (χ4n) is 4.03. The molecule has 3 saturated heterocycles. The van der Waals surface area contributed by atoms with Crippen LogP contribution in [-0.4, -0.2) is 81.5 Å². The third kappa shape index (κ3) is 4.09. The summed E-state index contributed by atoms with van der Waals surface area (Å²) in [5.74, 6) is -1.02. The Kier molecular flexibility index (Phi) is 5.35. The zero-order chi connectivity index (χ0) is 21.5. The van der Waals surface area contributed by atoms with E-state index in [2.05, 4.69) is 25.4 Å². The highest BCUT2D eigenvalue weighted by atomic mass is 32.3. The van der Waals surface area contributed by atoms with Crippen LogP contribution in [0.3, 0.4) is 0 Å². The van der Waals surface area contributed by atoms with E-state index in [1.54, 1.807) is 12.5 Å². The van der Waals surface area contributed by atoms with E-state index in [9.17, 15) is 22.8 Å². The number of amides is 4. The lowest BCUT2D eigenvalue weighted by Gasteiger charge is -2.29. The van der Waals surface area contributed by atoms with Crippen molar-refractivity contribution in [3.63, 3.8) is 0 Å². The van der Waals surface area contributed by atoms with Gasteiger partial charge >= 0.3 is 16.4 Å². The van der Waals surface area contributed by atoms with Gasteiger partial charge < -0.3 is 14.8 Å². The molecule has 3 aliphatic heterocycles. The first-order valence-electron chi connectivity index (χ1n) is 9.30. The number of rotatable bonds is 5. The van der Waals surface area contributed by atoms with Gasteiger partial charge in [0.1, 0.15) is 6.04 Å². The van der Waals surface area contributed by atoms with Crippen molar-refractivity contribution in [2.45, 2.75) is 43.4 Å². The van der Waals surface area contributed by atoms with Crippen LogP contribution in [-0.2, 0) is 24.3 Å². The first kappa shape index (κ1) is 20.5. The maximum Gasteiger partial charge on any atom is 0.418 e. The van der Waals surface area contributed by atoms with Crippen LogP contribution in [0.5, 0.6) is 0 Å². The smallest absolute Gasteiger partial charge is 0.333 e. The normalized spacial score (nSPS) is 28.6. The summed E-state index contributed by atoms with van der Waals surface area (Å²) in [7, 11) is -4.86. The largest absolute Gasteiger partial charge is 0.418 e. The molecule has 0 saturated carbocycles. The van der Waals surface area contributed by atoms with Crippen LogP contribution in [0.15, 0.2) is 18.7 Å². The van der Waals surface area contributed by atoms with Gasteiger partial charge in [0.25, 0.3) is 11.8 Å². The van der Waals surface area contributed by atoms with Crippen molar-refractivity contribution >= 4 is 28.2 Å². The summed E-state index contributed by atoms with van der Waals surface area (Å²) in [6.07, 6.45) is 6.20. The molecule has 4 rings (SSSR count). The minimum absolute atomic E-state index is 0.0666. The molecule has 3 fully saturated rings. The van der Waals surface area contributed by atoms with Gasteiger partial charge in [-0.15, -0.1) is 4.28 Å². The van der Waals surface area contributed by atoms with Gasteiger partial charge in [-0.3, -0.25) is 25.0 Å². The molecule has 0 aliphatic carbocycles. The number of carbonyl (C=O) groups excluding carboxylic acids is 3. The molecule has 4 atom stereocenters. The lowest BCUT2D eigenvalue weighted by molar-refractivity contribution is -0.132. The van der Waals surface area contributed by atoms with Crippen molar-refractivity contribution in [1.29, 1.82) is 0 Å². The number of carbonyl (C=O) groups is 3. The molecule has 4 amide bonds. The van der Waals surface area contributed by atoms with E-state index < -0.39 is 46.4 Å². The number of urea groups is 1. The quantitative estimate of drug-likeness (QED) is 0.294. The molecule has 4 heterocycles. The average Bonchev–Trinajstić information content (AvgIpc) is 3.43. The van der Waals surface area contributed by atoms with Crippen LogP contribution in [0.1, 0.15) is 25.3 Å². The number of hydrogen-bond acceptors (Lipinski definition) is 8. The average molecular weight is 443 g/mol. The van der Waals surface area contributed by atoms with Crippen LogP contribution >= 0.6 is 0 Å². The molecule has 0 aromatic carbocycles. The SMILES string of the molecule is O=C(NNC(=O)[C@@H]1CCC2CN1C(=O)N2OS(=O)(=O)O)C1C[C@@H](n2ccnc2)CN1. The van der Waals surface area contributed by atoms with Crippen molar-refractivity contribution in [2.75, 3.05) is 13.1 Å². The molecule has 2 bridgehead atoms. The van der Waals surface area contributed by atoms with E-state index in [4.69, 9.17) is 4.55 Å². The van der Waals surface area contributed by atoms with Gasteiger partial charge in [-0.2, -0.15) is 13.5 Å². The molecule has 0 radical (unpaired) electrons. The minimum Gasteiger partial charge on any atom is -0.333 e. The van der Waals surface area contributed by atoms with Crippen LogP contribution in [0.2, 0.25) is 0 Å². The van der Waals surface area contributed by atoms with Crippen LogP contribution in [0.25, 0.3) is 0 Å². The van der Waals surface area contributed by atoms with E-state index >= 15 is 0 Å².